The Kier molecular flexibility index (Phi) is 5.43. The minimum atomic E-state index is -4.56. The molecule has 0 unspecified atom stereocenters. The van der Waals surface area contributed by atoms with Crippen LogP contribution in [0.2, 0.25) is 0 Å². The predicted octanol–water partition coefficient (Wildman–Crippen LogP) is 4.18. The first-order valence-corrected chi connectivity index (χ1v) is 9.65. The number of anilines is 1. The van der Waals surface area contributed by atoms with E-state index in [0.29, 0.717) is 11.1 Å². The molecule has 0 radical (unpaired) electrons. The summed E-state index contributed by atoms with van der Waals surface area (Å²) in [6.07, 6.45) is -1.07. The highest BCUT2D eigenvalue weighted by molar-refractivity contribution is 5.94. The number of pyridine rings is 1. The molecule has 1 aromatic carbocycles. The van der Waals surface area contributed by atoms with Crippen LogP contribution in [0.1, 0.15) is 40.0 Å². The van der Waals surface area contributed by atoms with Gasteiger partial charge in [0, 0.05) is 28.9 Å². The first kappa shape index (κ1) is 21.8. The molecule has 3 heterocycles. The monoisotopic (exact) mass is 451 g/mol. The molecule has 166 valence electrons. The average Bonchev–Trinajstić information content (AvgIpc) is 3.21. The second-order valence-corrected chi connectivity index (χ2v) is 7.24. The van der Waals surface area contributed by atoms with Gasteiger partial charge in [-0.1, -0.05) is 12.1 Å². The van der Waals surface area contributed by atoms with Crippen molar-refractivity contribution >= 4 is 22.9 Å². The molecule has 33 heavy (non-hydrogen) atoms. The molecule has 4 N–H and O–H groups in total. The lowest BCUT2D eigenvalue weighted by atomic mass is 10.1. The molecule has 0 spiro atoms. The Labute approximate surface area is 185 Å². The molecule has 0 aliphatic rings. The van der Waals surface area contributed by atoms with E-state index in [9.17, 15) is 23.2 Å². The highest BCUT2D eigenvalue weighted by Crippen LogP contribution is 2.35. The van der Waals surface area contributed by atoms with Crippen LogP contribution < -0.4 is 11.1 Å². The Bertz CT molecular complexity index is 1390. The summed E-state index contributed by atoms with van der Waals surface area (Å²) in [6.45, 7) is 1.84. The van der Waals surface area contributed by atoms with Gasteiger partial charge in [-0.2, -0.15) is 18.4 Å². The summed E-state index contributed by atoms with van der Waals surface area (Å²) in [4.78, 5) is 26.4. The number of hydrogen-bond acceptors (Lipinski definition) is 6. The van der Waals surface area contributed by atoms with Crippen LogP contribution >= 0.6 is 0 Å². The number of halogens is 3. The number of H-pyrrole nitrogens is 1. The van der Waals surface area contributed by atoms with Crippen molar-refractivity contribution in [1.29, 1.82) is 5.26 Å². The van der Waals surface area contributed by atoms with Crippen molar-refractivity contribution in [2.45, 2.75) is 19.1 Å². The average molecular weight is 451 g/mol. The summed E-state index contributed by atoms with van der Waals surface area (Å²) < 4.78 is 39.5. The largest absolute Gasteiger partial charge is 0.417 e. The van der Waals surface area contributed by atoms with Crippen LogP contribution in [-0.4, -0.2) is 25.8 Å². The molecular formula is C22H16F3N7O. The van der Waals surface area contributed by atoms with Gasteiger partial charge in [0.15, 0.2) is 0 Å². The fourth-order valence-electron chi connectivity index (χ4n) is 3.31. The smallest absolute Gasteiger partial charge is 0.366 e. The van der Waals surface area contributed by atoms with Crippen LogP contribution in [0.25, 0.3) is 22.3 Å². The molecule has 11 heteroatoms. The lowest BCUT2D eigenvalue weighted by Gasteiger charge is -2.15. The van der Waals surface area contributed by atoms with Gasteiger partial charge in [0.2, 0.25) is 11.9 Å². The van der Waals surface area contributed by atoms with Crippen molar-refractivity contribution in [1.82, 2.24) is 19.9 Å². The van der Waals surface area contributed by atoms with Crippen LogP contribution in [0.4, 0.5) is 19.1 Å². The van der Waals surface area contributed by atoms with Crippen LogP contribution in [0.3, 0.4) is 0 Å². The van der Waals surface area contributed by atoms with Crippen molar-refractivity contribution in [3.8, 4) is 17.3 Å². The van der Waals surface area contributed by atoms with Gasteiger partial charge < -0.3 is 16.0 Å². The Morgan fingerprint density at radius 1 is 1.21 bits per heavy atom. The van der Waals surface area contributed by atoms with Gasteiger partial charge in [-0.25, -0.2) is 15.0 Å². The number of benzene rings is 1. The standard InChI is InChI=1S/C22H16F3N7O/c1-11(12-2-4-13(5-3-12)19(27)33)31-21-30-8-14(7-26)18(32-21)17-10-29-20-16(17)6-15(9-28-20)22(23,24)25/h2-6,8-11H,1H3,(H2,27,33)(H,28,29)(H,30,31,32)/t11-/m1/s1. The zero-order valence-corrected chi connectivity index (χ0v) is 17.1. The van der Waals surface area contributed by atoms with E-state index in [1.165, 1.54) is 12.4 Å². The lowest BCUT2D eigenvalue weighted by Crippen LogP contribution is -2.13. The normalized spacial score (nSPS) is 12.3. The molecule has 0 aliphatic heterocycles. The number of amides is 1. The number of primary amides is 1. The van der Waals surface area contributed by atoms with Crippen molar-refractivity contribution in [2.75, 3.05) is 5.32 Å². The van der Waals surface area contributed by atoms with Crippen molar-refractivity contribution in [3.63, 3.8) is 0 Å². The summed E-state index contributed by atoms with van der Waals surface area (Å²) in [6, 6.07) is 9.30. The molecule has 4 aromatic rings. The number of nitrogens with one attached hydrogen (secondary N) is 2. The second kappa shape index (κ2) is 8.23. The lowest BCUT2D eigenvalue weighted by molar-refractivity contribution is -0.137. The molecule has 0 saturated carbocycles. The third-order valence-corrected chi connectivity index (χ3v) is 5.06. The third-order valence-electron chi connectivity index (χ3n) is 5.06. The highest BCUT2D eigenvalue weighted by atomic mass is 19.4. The van der Waals surface area contributed by atoms with E-state index in [0.717, 1.165) is 17.8 Å². The van der Waals surface area contributed by atoms with Crippen LogP contribution in [0, 0.1) is 11.3 Å². The second-order valence-electron chi connectivity index (χ2n) is 7.24. The number of aromatic amines is 1. The zero-order valence-electron chi connectivity index (χ0n) is 17.1. The Morgan fingerprint density at radius 2 is 1.94 bits per heavy atom. The van der Waals surface area contributed by atoms with Gasteiger partial charge in [0.1, 0.15) is 11.7 Å². The molecule has 0 saturated heterocycles. The van der Waals surface area contributed by atoms with Crippen LogP contribution in [0.15, 0.2) is 48.9 Å². The number of carbonyl (C=O) groups is 1. The molecular weight excluding hydrogens is 435 g/mol. The third kappa shape index (κ3) is 4.31. The zero-order chi connectivity index (χ0) is 23.8. The maximum atomic E-state index is 13.2. The molecule has 0 aliphatic carbocycles. The number of aromatic nitrogens is 4. The van der Waals surface area contributed by atoms with Crippen LogP contribution in [0.5, 0.6) is 0 Å². The Hall–Kier alpha value is -4.46. The van der Waals surface area contributed by atoms with Gasteiger partial charge in [-0.15, -0.1) is 0 Å². The SMILES string of the molecule is C[C@@H](Nc1ncc(C#N)c(-c2c[nH]c3ncc(C(F)(F)F)cc23)n1)c1ccc(C(N)=O)cc1. The summed E-state index contributed by atoms with van der Waals surface area (Å²) in [5.41, 5.74) is 6.33. The molecule has 1 amide bonds. The molecule has 0 bridgehead atoms. The maximum absolute atomic E-state index is 13.2. The molecule has 3 aromatic heterocycles. The topological polar surface area (TPSA) is 133 Å². The molecule has 8 nitrogen and oxygen atoms in total. The first-order chi connectivity index (χ1) is 15.7. The molecule has 0 fully saturated rings. The van der Waals surface area contributed by atoms with Crippen molar-refractivity contribution in [3.05, 3.63) is 71.2 Å². The van der Waals surface area contributed by atoms with Crippen molar-refractivity contribution < 1.29 is 18.0 Å². The highest BCUT2D eigenvalue weighted by Gasteiger charge is 2.31. The summed E-state index contributed by atoms with van der Waals surface area (Å²) in [5, 5.41) is 12.8. The molecule has 4 rings (SSSR count). The molecule has 1 atom stereocenters. The number of carbonyl (C=O) groups excluding carboxylic acids is 1. The van der Waals surface area contributed by atoms with E-state index in [1.54, 1.807) is 24.3 Å². The fraction of sp³-hybridized carbons (Fsp3) is 0.136. The predicted molar refractivity (Wildman–Crippen MR) is 114 cm³/mol. The number of alkyl halides is 3. The van der Waals surface area contributed by atoms with E-state index < -0.39 is 17.6 Å². The van der Waals surface area contributed by atoms with Gasteiger partial charge in [0.05, 0.1) is 29.1 Å². The Balaban J connectivity index is 1.71. The summed E-state index contributed by atoms with van der Waals surface area (Å²) in [5.74, 6) is -0.367. The van der Waals surface area contributed by atoms with E-state index in [4.69, 9.17) is 5.73 Å². The van der Waals surface area contributed by atoms with Crippen LogP contribution in [-0.2, 0) is 6.18 Å². The van der Waals surface area contributed by atoms with Gasteiger partial charge in [-0.05, 0) is 30.7 Å². The number of hydrogen-bond donors (Lipinski definition) is 3. The number of fused-ring (bicyclic) bond motifs is 1. The van der Waals surface area contributed by atoms with Gasteiger partial charge >= 0.3 is 6.18 Å². The van der Waals surface area contributed by atoms with E-state index >= 15 is 0 Å². The maximum Gasteiger partial charge on any atom is 0.417 e. The van der Waals surface area contributed by atoms with E-state index in [2.05, 4.69) is 25.3 Å². The first-order valence-electron chi connectivity index (χ1n) is 9.65. The number of nitrogens with two attached hydrogens (primary N) is 1. The minimum absolute atomic E-state index is 0.0947. The van der Waals surface area contributed by atoms with Crippen molar-refractivity contribution in [2.24, 2.45) is 5.73 Å². The van der Waals surface area contributed by atoms with E-state index in [1.807, 2.05) is 13.0 Å². The summed E-state index contributed by atoms with van der Waals surface area (Å²) in [7, 11) is 0. The summed E-state index contributed by atoms with van der Waals surface area (Å²) >= 11 is 0. The number of rotatable bonds is 5. The number of nitrogens with zero attached hydrogens (tertiary/aromatic N) is 4. The van der Waals surface area contributed by atoms with Gasteiger partial charge in [-0.3, -0.25) is 4.79 Å². The van der Waals surface area contributed by atoms with E-state index in [-0.39, 0.29) is 34.3 Å². The Morgan fingerprint density at radius 3 is 2.58 bits per heavy atom. The number of nitriles is 1. The fourth-order valence-corrected chi connectivity index (χ4v) is 3.31. The quantitative estimate of drug-likeness (QED) is 0.417. The van der Waals surface area contributed by atoms with Gasteiger partial charge in [0.25, 0.3) is 0 Å². The minimum Gasteiger partial charge on any atom is -0.366 e.